The fourth-order valence-electron chi connectivity index (χ4n) is 3.81. The van der Waals surface area contributed by atoms with Gasteiger partial charge in [-0.2, -0.15) is 0 Å². The Balaban J connectivity index is 1.57. The number of hydrogen-bond acceptors (Lipinski definition) is 4. The zero-order valence-electron chi connectivity index (χ0n) is 15.7. The molecule has 2 atom stereocenters. The van der Waals surface area contributed by atoms with Gasteiger partial charge in [0.05, 0.1) is 6.61 Å². The molecule has 2 aliphatic rings. The molecule has 26 heavy (non-hydrogen) atoms. The lowest BCUT2D eigenvalue weighted by molar-refractivity contribution is -0.120. The highest BCUT2D eigenvalue weighted by molar-refractivity contribution is 5.94. The van der Waals surface area contributed by atoms with Gasteiger partial charge in [0, 0.05) is 51.8 Å². The number of likely N-dealkylation sites (tertiary alicyclic amines) is 1. The minimum absolute atomic E-state index is 0.0160. The molecule has 1 aliphatic carbocycles. The van der Waals surface area contributed by atoms with Crippen LogP contribution in [0.25, 0.3) is 0 Å². The van der Waals surface area contributed by atoms with Gasteiger partial charge in [-0.05, 0) is 42.4 Å². The van der Waals surface area contributed by atoms with Gasteiger partial charge in [-0.3, -0.25) is 9.59 Å². The van der Waals surface area contributed by atoms with Gasteiger partial charge in [0.15, 0.2) is 0 Å². The van der Waals surface area contributed by atoms with Crippen LogP contribution in [0.1, 0.15) is 35.2 Å². The Morgan fingerprint density at radius 1 is 1.19 bits per heavy atom. The second-order valence-electron chi connectivity index (χ2n) is 7.39. The van der Waals surface area contributed by atoms with Crippen LogP contribution >= 0.6 is 0 Å². The quantitative estimate of drug-likeness (QED) is 0.736. The molecule has 0 spiro atoms. The van der Waals surface area contributed by atoms with Crippen LogP contribution in [0.15, 0.2) is 24.3 Å². The average molecular weight is 359 g/mol. The van der Waals surface area contributed by atoms with E-state index < -0.39 is 0 Å². The summed E-state index contributed by atoms with van der Waals surface area (Å²) in [5.74, 6) is 1.26. The number of benzene rings is 1. The maximum atomic E-state index is 12.7. The van der Waals surface area contributed by atoms with Crippen LogP contribution in [0.3, 0.4) is 0 Å². The van der Waals surface area contributed by atoms with E-state index in [9.17, 15) is 9.59 Å². The Kier molecular flexibility index (Phi) is 6.27. The Hall–Kier alpha value is -1.92. The smallest absolute Gasteiger partial charge is 0.251 e. The van der Waals surface area contributed by atoms with Crippen molar-refractivity contribution in [1.29, 1.82) is 0 Å². The van der Waals surface area contributed by atoms with E-state index in [1.54, 1.807) is 14.2 Å². The third kappa shape index (κ3) is 4.83. The molecule has 3 rings (SSSR count). The molecule has 2 fully saturated rings. The molecule has 1 heterocycles. The Morgan fingerprint density at radius 3 is 2.54 bits per heavy atom. The van der Waals surface area contributed by atoms with Gasteiger partial charge in [0.1, 0.15) is 0 Å². The third-order valence-electron chi connectivity index (χ3n) is 5.45. The van der Waals surface area contributed by atoms with E-state index >= 15 is 0 Å². The standard InChI is InChI=1S/C20H29N3O3/c1-21-19(24)9-10-23-11-17(15-7-8-15)18(12-23)22-20(25)16-5-3-14(4-6-16)13-26-2/h3-6,15,17-18H,7-13H2,1-2H3,(H,21,24)(H,22,25)/t17-,18+/m1/s1. The van der Waals surface area contributed by atoms with E-state index in [0.717, 1.165) is 31.1 Å². The molecule has 0 radical (unpaired) electrons. The summed E-state index contributed by atoms with van der Waals surface area (Å²) in [6, 6.07) is 7.74. The number of nitrogens with zero attached hydrogens (tertiary/aromatic N) is 1. The van der Waals surface area contributed by atoms with Gasteiger partial charge in [-0.25, -0.2) is 0 Å². The molecule has 0 bridgehead atoms. The van der Waals surface area contributed by atoms with Gasteiger partial charge < -0.3 is 20.3 Å². The Bertz CT molecular complexity index is 628. The molecule has 0 unspecified atom stereocenters. The number of nitrogens with one attached hydrogen (secondary N) is 2. The van der Waals surface area contributed by atoms with Crippen molar-refractivity contribution < 1.29 is 14.3 Å². The van der Waals surface area contributed by atoms with Gasteiger partial charge in [-0.1, -0.05) is 12.1 Å². The molecule has 6 nitrogen and oxygen atoms in total. The van der Waals surface area contributed by atoms with Crippen molar-refractivity contribution in [2.24, 2.45) is 11.8 Å². The molecule has 142 valence electrons. The molecule has 1 saturated heterocycles. The third-order valence-corrected chi connectivity index (χ3v) is 5.45. The lowest BCUT2D eigenvalue weighted by atomic mass is 9.97. The average Bonchev–Trinajstić information content (AvgIpc) is 3.42. The SMILES string of the molecule is CNC(=O)CCN1C[C@H](NC(=O)c2ccc(COC)cc2)[C@@H](C2CC2)C1. The number of ether oxygens (including phenoxy) is 1. The molecule has 2 amide bonds. The molecule has 1 saturated carbocycles. The summed E-state index contributed by atoms with van der Waals surface area (Å²) in [5, 5.41) is 5.91. The fraction of sp³-hybridized carbons (Fsp3) is 0.600. The lowest BCUT2D eigenvalue weighted by Gasteiger charge is -2.19. The summed E-state index contributed by atoms with van der Waals surface area (Å²) in [4.78, 5) is 26.5. The van der Waals surface area contributed by atoms with Crippen LogP contribution in [-0.2, 0) is 16.1 Å². The molecular formula is C20H29N3O3. The minimum atomic E-state index is -0.0160. The van der Waals surface area contributed by atoms with Crippen LogP contribution in [0.4, 0.5) is 0 Å². The first-order valence-corrected chi connectivity index (χ1v) is 9.42. The fourth-order valence-corrected chi connectivity index (χ4v) is 3.81. The van der Waals surface area contributed by atoms with E-state index in [1.807, 2.05) is 24.3 Å². The van der Waals surface area contributed by atoms with E-state index in [-0.39, 0.29) is 17.9 Å². The molecule has 0 aromatic heterocycles. The molecule has 1 aliphatic heterocycles. The number of amides is 2. The summed E-state index contributed by atoms with van der Waals surface area (Å²) >= 11 is 0. The molecule has 6 heteroatoms. The first-order valence-electron chi connectivity index (χ1n) is 9.42. The van der Waals surface area contributed by atoms with Crippen LogP contribution in [0, 0.1) is 11.8 Å². The largest absolute Gasteiger partial charge is 0.380 e. The van der Waals surface area contributed by atoms with Crippen molar-refractivity contribution in [2.45, 2.75) is 31.9 Å². The Labute approximate surface area is 155 Å². The highest BCUT2D eigenvalue weighted by Gasteiger charge is 2.42. The van der Waals surface area contributed by atoms with Crippen LogP contribution < -0.4 is 10.6 Å². The second kappa shape index (κ2) is 8.64. The zero-order chi connectivity index (χ0) is 18.5. The van der Waals surface area contributed by atoms with Gasteiger partial charge in [-0.15, -0.1) is 0 Å². The van der Waals surface area contributed by atoms with Crippen LogP contribution in [0.2, 0.25) is 0 Å². The minimum Gasteiger partial charge on any atom is -0.380 e. The van der Waals surface area contributed by atoms with Gasteiger partial charge in [0.25, 0.3) is 5.91 Å². The van der Waals surface area contributed by atoms with Gasteiger partial charge >= 0.3 is 0 Å². The number of methoxy groups -OCH3 is 1. The summed E-state index contributed by atoms with van der Waals surface area (Å²) in [6.45, 7) is 3.10. The normalized spacial score (nSPS) is 23.0. The van der Waals surface area contributed by atoms with E-state index in [4.69, 9.17) is 4.74 Å². The van der Waals surface area contributed by atoms with Crippen molar-refractivity contribution in [1.82, 2.24) is 15.5 Å². The summed E-state index contributed by atoms with van der Waals surface area (Å²) in [5.41, 5.74) is 1.74. The lowest BCUT2D eigenvalue weighted by Crippen LogP contribution is -2.41. The summed E-state index contributed by atoms with van der Waals surface area (Å²) < 4.78 is 5.11. The Morgan fingerprint density at radius 2 is 1.92 bits per heavy atom. The van der Waals surface area contributed by atoms with Crippen molar-refractivity contribution in [3.05, 3.63) is 35.4 Å². The summed E-state index contributed by atoms with van der Waals surface area (Å²) in [7, 11) is 3.33. The monoisotopic (exact) mass is 359 g/mol. The highest BCUT2D eigenvalue weighted by Crippen LogP contribution is 2.41. The predicted octanol–water partition coefficient (Wildman–Crippen LogP) is 1.41. The second-order valence-corrected chi connectivity index (χ2v) is 7.39. The van der Waals surface area contributed by atoms with E-state index in [2.05, 4.69) is 15.5 Å². The molecule has 2 N–H and O–H groups in total. The van der Waals surface area contributed by atoms with Crippen molar-refractivity contribution in [3.8, 4) is 0 Å². The van der Waals surface area contributed by atoms with Crippen molar-refractivity contribution in [3.63, 3.8) is 0 Å². The first kappa shape index (κ1) is 18.9. The maximum absolute atomic E-state index is 12.7. The predicted molar refractivity (Wildman–Crippen MR) is 99.7 cm³/mol. The zero-order valence-corrected chi connectivity index (χ0v) is 15.7. The molecule has 1 aromatic carbocycles. The number of hydrogen-bond donors (Lipinski definition) is 2. The highest BCUT2D eigenvalue weighted by atomic mass is 16.5. The first-order chi connectivity index (χ1) is 12.6. The van der Waals surface area contributed by atoms with Gasteiger partial charge in [0.2, 0.25) is 5.91 Å². The maximum Gasteiger partial charge on any atom is 0.251 e. The summed E-state index contributed by atoms with van der Waals surface area (Å²) in [6.07, 6.45) is 3.02. The van der Waals surface area contributed by atoms with E-state index in [1.165, 1.54) is 12.8 Å². The van der Waals surface area contributed by atoms with Crippen LogP contribution in [0.5, 0.6) is 0 Å². The number of carbonyl (C=O) groups excluding carboxylic acids is 2. The van der Waals surface area contributed by atoms with Crippen molar-refractivity contribution >= 4 is 11.8 Å². The van der Waals surface area contributed by atoms with E-state index in [0.29, 0.717) is 24.5 Å². The molecular weight excluding hydrogens is 330 g/mol. The number of carbonyl (C=O) groups is 2. The van der Waals surface area contributed by atoms with Crippen molar-refractivity contribution in [2.75, 3.05) is 33.8 Å². The number of rotatable bonds is 8. The topological polar surface area (TPSA) is 70.7 Å². The molecule has 1 aromatic rings. The van der Waals surface area contributed by atoms with Crippen LogP contribution in [-0.4, -0.2) is 56.5 Å².